The molecule has 1 fully saturated rings. The Morgan fingerprint density at radius 3 is 3.00 bits per heavy atom. The fourth-order valence-electron chi connectivity index (χ4n) is 2.98. The minimum absolute atomic E-state index is 0.110. The van der Waals surface area contributed by atoms with Crippen molar-refractivity contribution >= 4 is 17.5 Å². The summed E-state index contributed by atoms with van der Waals surface area (Å²) < 4.78 is 5.41. The van der Waals surface area contributed by atoms with Crippen molar-refractivity contribution in [3.05, 3.63) is 29.3 Å². The lowest BCUT2D eigenvalue weighted by Crippen LogP contribution is -2.33. The van der Waals surface area contributed by atoms with Gasteiger partial charge in [-0.05, 0) is 43.0 Å². The Morgan fingerprint density at radius 1 is 1.39 bits per heavy atom. The molecule has 2 amide bonds. The molecular weight excluding hydrogens is 296 g/mol. The van der Waals surface area contributed by atoms with Crippen LogP contribution in [0.1, 0.15) is 48.5 Å². The second-order valence-corrected chi connectivity index (χ2v) is 5.84. The summed E-state index contributed by atoms with van der Waals surface area (Å²) in [5.41, 5.74) is 4.92. The number of nitrogens with one attached hydrogen (secondary N) is 1. The maximum Gasteiger partial charge on any atom is 0.274 e. The molecule has 2 aliphatic rings. The predicted molar refractivity (Wildman–Crippen MR) is 84.9 cm³/mol. The highest BCUT2D eigenvalue weighted by Gasteiger charge is 2.24. The number of anilines is 1. The van der Waals surface area contributed by atoms with Gasteiger partial charge >= 0.3 is 0 Å². The molecule has 1 saturated heterocycles. The zero-order valence-corrected chi connectivity index (χ0v) is 13.3. The summed E-state index contributed by atoms with van der Waals surface area (Å²) in [5.74, 6) is -0.180. The summed E-state index contributed by atoms with van der Waals surface area (Å²) in [7, 11) is 0. The van der Waals surface area contributed by atoms with Crippen molar-refractivity contribution in [2.24, 2.45) is 0 Å². The highest BCUT2D eigenvalue weighted by atomic mass is 16.8. The largest absolute Gasteiger partial charge is 0.350 e. The number of carbonyl (C=O) groups is 2. The molecule has 3 rings (SSSR count). The van der Waals surface area contributed by atoms with Gasteiger partial charge in [-0.3, -0.25) is 9.59 Å². The van der Waals surface area contributed by atoms with E-state index in [2.05, 4.69) is 5.48 Å². The first-order valence-electron chi connectivity index (χ1n) is 8.20. The van der Waals surface area contributed by atoms with E-state index >= 15 is 0 Å². The molecule has 0 aromatic heterocycles. The molecule has 2 aliphatic heterocycles. The first kappa shape index (κ1) is 16.0. The third-order valence-electron chi connectivity index (χ3n) is 4.26. The van der Waals surface area contributed by atoms with Gasteiger partial charge in [-0.15, -0.1) is 0 Å². The molecule has 0 spiro atoms. The van der Waals surface area contributed by atoms with Crippen LogP contribution in [0.15, 0.2) is 18.2 Å². The van der Waals surface area contributed by atoms with Crippen LogP contribution in [0.4, 0.5) is 5.69 Å². The zero-order valence-electron chi connectivity index (χ0n) is 13.3. The summed E-state index contributed by atoms with van der Waals surface area (Å²) in [4.78, 5) is 31.2. The van der Waals surface area contributed by atoms with Gasteiger partial charge in [0.15, 0.2) is 6.29 Å². The first-order chi connectivity index (χ1) is 11.2. The van der Waals surface area contributed by atoms with Gasteiger partial charge in [0.1, 0.15) is 0 Å². The van der Waals surface area contributed by atoms with Crippen LogP contribution in [0.2, 0.25) is 0 Å². The Kier molecular flexibility index (Phi) is 4.93. The Hall–Kier alpha value is -1.92. The predicted octanol–water partition coefficient (Wildman–Crippen LogP) is 2.17. The number of rotatable bonds is 4. The average molecular weight is 318 g/mol. The SMILES string of the molecule is CCC(=O)N1CCc2cc(C(=O)NOC3CCCCO3)ccc21. The lowest BCUT2D eigenvalue weighted by Gasteiger charge is -2.22. The summed E-state index contributed by atoms with van der Waals surface area (Å²) in [5, 5.41) is 0. The van der Waals surface area contributed by atoms with Crippen LogP contribution in [0.5, 0.6) is 0 Å². The number of fused-ring (bicyclic) bond motifs is 1. The fourth-order valence-corrected chi connectivity index (χ4v) is 2.98. The van der Waals surface area contributed by atoms with Crippen molar-refractivity contribution in [1.82, 2.24) is 5.48 Å². The summed E-state index contributed by atoms with van der Waals surface area (Å²) in [6, 6.07) is 5.39. The third-order valence-corrected chi connectivity index (χ3v) is 4.26. The third kappa shape index (κ3) is 3.54. The Morgan fingerprint density at radius 2 is 2.26 bits per heavy atom. The number of hydroxylamine groups is 1. The van der Waals surface area contributed by atoms with E-state index in [1.165, 1.54) is 0 Å². The van der Waals surface area contributed by atoms with E-state index in [1.807, 2.05) is 19.1 Å². The lowest BCUT2D eigenvalue weighted by molar-refractivity contribution is -0.186. The molecule has 124 valence electrons. The molecular formula is C17H22N2O4. The summed E-state index contributed by atoms with van der Waals surface area (Å²) >= 11 is 0. The van der Waals surface area contributed by atoms with Crippen molar-refractivity contribution in [2.75, 3.05) is 18.1 Å². The van der Waals surface area contributed by atoms with Gasteiger partial charge in [0.25, 0.3) is 5.91 Å². The number of amides is 2. The molecule has 1 atom stereocenters. The molecule has 23 heavy (non-hydrogen) atoms. The van der Waals surface area contributed by atoms with E-state index in [4.69, 9.17) is 9.57 Å². The van der Waals surface area contributed by atoms with E-state index in [9.17, 15) is 9.59 Å². The van der Waals surface area contributed by atoms with Crippen LogP contribution in [0.25, 0.3) is 0 Å². The summed E-state index contributed by atoms with van der Waals surface area (Å²) in [6.07, 6.45) is 3.76. The lowest BCUT2D eigenvalue weighted by atomic mass is 10.1. The molecule has 6 nitrogen and oxygen atoms in total. The van der Waals surface area contributed by atoms with Gasteiger partial charge in [0.2, 0.25) is 5.91 Å². The van der Waals surface area contributed by atoms with Crippen LogP contribution in [-0.4, -0.2) is 31.3 Å². The van der Waals surface area contributed by atoms with Gasteiger partial charge in [0, 0.05) is 37.2 Å². The molecule has 0 radical (unpaired) electrons. The number of ether oxygens (including phenoxy) is 1. The average Bonchev–Trinajstić information content (AvgIpc) is 3.03. The van der Waals surface area contributed by atoms with Gasteiger partial charge in [0.05, 0.1) is 0 Å². The maximum absolute atomic E-state index is 12.2. The van der Waals surface area contributed by atoms with Gasteiger partial charge in [-0.25, -0.2) is 10.3 Å². The van der Waals surface area contributed by atoms with E-state index in [0.717, 1.165) is 36.9 Å². The molecule has 1 N–H and O–H groups in total. The maximum atomic E-state index is 12.2. The van der Waals surface area contributed by atoms with Crippen LogP contribution in [0.3, 0.4) is 0 Å². The van der Waals surface area contributed by atoms with Crippen molar-refractivity contribution < 1.29 is 19.2 Å². The topological polar surface area (TPSA) is 67.9 Å². The molecule has 2 heterocycles. The molecule has 0 aliphatic carbocycles. The van der Waals surface area contributed by atoms with Gasteiger partial charge in [-0.2, -0.15) is 0 Å². The highest BCUT2D eigenvalue weighted by molar-refractivity contribution is 5.98. The van der Waals surface area contributed by atoms with Crippen molar-refractivity contribution in [3.63, 3.8) is 0 Å². The number of carbonyl (C=O) groups excluding carboxylic acids is 2. The van der Waals surface area contributed by atoms with E-state index in [-0.39, 0.29) is 18.1 Å². The normalized spacial score (nSPS) is 20.2. The Balaban J connectivity index is 1.62. The molecule has 6 heteroatoms. The molecule has 1 unspecified atom stereocenters. The van der Waals surface area contributed by atoms with Gasteiger partial charge in [-0.1, -0.05) is 6.92 Å². The Labute approximate surface area is 135 Å². The van der Waals surface area contributed by atoms with Crippen molar-refractivity contribution in [2.45, 2.75) is 45.3 Å². The molecule has 0 saturated carbocycles. The van der Waals surface area contributed by atoms with Crippen LogP contribution >= 0.6 is 0 Å². The van der Waals surface area contributed by atoms with Gasteiger partial charge < -0.3 is 9.64 Å². The van der Waals surface area contributed by atoms with Crippen molar-refractivity contribution in [1.29, 1.82) is 0 Å². The second-order valence-electron chi connectivity index (χ2n) is 5.84. The smallest absolute Gasteiger partial charge is 0.274 e. The fraction of sp³-hybridized carbons (Fsp3) is 0.529. The van der Waals surface area contributed by atoms with Crippen molar-refractivity contribution in [3.8, 4) is 0 Å². The monoisotopic (exact) mass is 318 g/mol. The summed E-state index contributed by atoms with van der Waals surface area (Å²) in [6.45, 7) is 3.20. The van der Waals surface area contributed by atoms with Crippen LogP contribution in [-0.2, 0) is 20.8 Å². The van der Waals surface area contributed by atoms with E-state index in [1.54, 1.807) is 11.0 Å². The zero-order chi connectivity index (χ0) is 16.2. The Bertz CT molecular complexity index is 596. The number of hydrogen-bond acceptors (Lipinski definition) is 4. The highest BCUT2D eigenvalue weighted by Crippen LogP contribution is 2.29. The second kappa shape index (κ2) is 7.10. The molecule has 1 aromatic carbocycles. The van der Waals surface area contributed by atoms with E-state index < -0.39 is 0 Å². The first-order valence-corrected chi connectivity index (χ1v) is 8.20. The number of nitrogens with zero attached hydrogens (tertiary/aromatic N) is 1. The molecule has 1 aromatic rings. The molecule has 0 bridgehead atoms. The minimum Gasteiger partial charge on any atom is -0.350 e. The number of hydrogen-bond donors (Lipinski definition) is 1. The standard InChI is InChI=1S/C17H22N2O4/c1-2-15(20)19-9-8-12-11-13(6-7-14(12)19)17(21)18-23-16-5-3-4-10-22-16/h6-7,11,16H,2-5,8-10H2,1H3,(H,18,21). The quantitative estimate of drug-likeness (QED) is 0.864. The minimum atomic E-state index is -0.361. The van der Waals surface area contributed by atoms with Crippen LogP contribution in [0, 0.1) is 0 Å². The number of benzene rings is 1. The van der Waals surface area contributed by atoms with E-state index in [0.29, 0.717) is 25.1 Å². The van der Waals surface area contributed by atoms with Crippen LogP contribution < -0.4 is 10.4 Å².